The lowest BCUT2D eigenvalue weighted by Gasteiger charge is -2.24. The van der Waals surface area contributed by atoms with Gasteiger partial charge >= 0.3 is 0 Å². The monoisotopic (exact) mass is 208 g/mol. The predicted octanol–water partition coefficient (Wildman–Crippen LogP) is 2.22. The van der Waals surface area contributed by atoms with Gasteiger partial charge in [0.2, 0.25) is 0 Å². The summed E-state index contributed by atoms with van der Waals surface area (Å²) in [6, 6.07) is 0. The molecule has 0 rings (SSSR count). The Kier molecular flexibility index (Phi) is 6.56. The van der Waals surface area contributed by atoms with Crippen molar-refractivity contribution >= 4 is 22.1 Å². The number of rotatable bonds is 6. The molecule has 0 aromatic heterocycles. The fraction of sp³-hybridized carbons (Fsp3) is 1.00. The van der Waals surface area contributed by atoms with Crippen LogP contribution >= 0.6 is 22.1 Å². The summed E-state index contributed by atoms with van der Waals surface area (Å²) in [7, 11) is 2.93. The number of hydrogen-bond acceptors (Lipinski definition) is 3. The minimum Gasteiger partial charge on any atom is -0.259 e. The third-order valence-electron chi connectivity index (χ3n) is 1.96. The molecule has 2 N–H and O–H groups in total. The van der Waals surface area contributed by atoms with Crippen LogP contribution in [0.3, 0.4) is 0 Å². The van der Waals surface area contributed by atoms with Crippen molar-refractivity contribution in [1.82, 2.24) is 4.41 Å². The maximum absolute atomic E-state index is 5.39. The Bertz CT molecular complexity index is 118. The van der Waals surface area contributed by atoms with Crippen molar-refractivity contribution in [3.8, 4) is 0 Å². The van der Waals surface area contributed by atoms with Crippen molar-refractivity contribution in [2.75, 3.05) is 6.54 Å². The second-order valence-corrected chi connectivity index (χ2v) is 5.58. The van der Waals surface area contributed by atoms with E-state index in [4.69, 9.17) is 5.84 Å². The Morgan fingerprint density at radius 2 is 2.08 bits per heavy atom. The van der Waals surface area contributed by atoms with E-state index in [-0.39, 0.29) is 0 Å². The normalized spacial score (nSPS) is 16.5. The summed E-state index contributed by atoms with van der Waals surface area (Å²) in [5.74, 6) is 5.39. The topological polar surface area (TPSA) is 29.3 Å². The molecule has 2 unspecified atom stereocenters. The van der Waals surface area contributed by atoms with Gasteiger partial charge in [-0.1, -0.05) is 33.1 Å². The van der Waals surface area contributed by atoms with Crippen molar-refractivity contribution in [3.63, 3.8) is 0 Å². The van der Waals surface area contributed by atoms with E-state index in [1.165, 1.54) is 23.7 Å². The van der Waals surface area contributed by atoms with Gasteiger partial charge in [0.1, 0.15) is 0 Å². The summed E-state index contributed by atoms with van der Waals surface area (Å²) in [4.78, 5) is 0. The maximum Gasteiger partial charge on any atom is 0.0240 e. The molecular formula is C8H21N2PS. The molecule has 0 aliphatic rings. The van der Waals surface area contributed by atoms with Gasteiger partial charge in [0.25, 0.3) is 0 Å². The summed E-state index contributed by atoms with van der Waals surface area (Å²) in [6.07, 6.45) is 4.81. The Labute approximate surface area is 84.0 Å². The van der Waals surface area contributed by atoms with Gasteiger partial charge < -0.3 is 0 Å². The first-order valence-corrected chi connectivity index (χ1v) is 5.45. The summed E-state index contributed by atoms with van der Waals surface area (Å²) in [6.45, 7) is 5.35. The Hall–Kier alpha value is 0.700. The molecule has 74 valence electrons. The van der Waals surface area contributed by atoms with Crippen molar-refractivity contribution in [2.24, 2.45) is 5.84 Å². The standard InChI is InChI=1S/C8H21N2PS/c1-3-5-8(2,11)6-4-7-10(9)12/h12H,3-7,9,11H2,1-2H3. The highest BCUT2D eigenvalue weighted by atomic mass is 32.1. The molecule has 0 aromatic rings. The quantitative estimate of drug-likeness (QED) is 0.303. The summed E-state index contributed by atoms with van der Waals surface area (Å²) in [5, 5.41) is 0.387. The summed E-state index contributed by atoms with van der Waals surface area (Å²) < 4.78 is 1.45. The first-order chi connectivity index (χ1) is 5.48. The lowest BCUT2D eigenvalue weighted by Crippen LogP contribution is -2.24. The first-order valence-electron chi connectivity index (χ1n) is 4.48. The van der Waals surface area contributed by atoms with E-state index in [1.807, 2.05) is 0 Å². The van der Waals surface area contributed by atoms with Gasteiger partial charge in [-0.3, -0.25) is 5.84 Å². The van der Waals surface area contributed by atoms with Crippen LogP contribution in [-0.4, -0.2) is 16.1 Å². The average Bonchev–Trinajstić information content (AvgIpc) is 1.85. The molecule has 0 saturated heterocycles. The van der Waals surface area contributed by atoms with Gasteiger partial charge in [0.15, 0.2) is 0 Å². The van der Waals surface area contributed by atoms with Gasteiger partial charge in [-0.15, -0.1) is 9.24 Å². The Morgan fingerprint density at radius 1 is 1.50 bits per heavy atom. The minimum absolute atomic E-state index is 0.387. The molecular weight excluding hydrogens is 187 g/mol. The molecule has 0 bridgehead atoms. The van der Waals surface area contributed by atoms with Gasteiger partial charge in [-0.2, -0.15) is 4.41 Å². The van der Waals surface area contributed by atoms with Gasteiger partial charge in [-0.05, 0) is 24.4 Å². The number of hydrogen-bond donors (Lipinski definition) is 2. The fourth-order valence-electron chi connectivity index (χ4n) is 1.34. The van der Waals surface area contributed by atoms with Crippen molar-refractivity contribution in [2.45, 2.75) is 44.7 Å². The number of nitrogens with zero attached hydrogens (tertiary/aromatic N) is 1. The SMILES string of the molecule is CCCC(C)(P)CCCN(N)S. The number of thiol groups is 1. The molecule has 0 amide bonds. The molecule has 0 saturated carbocycles. The van der Waals surface area contributed by atoms with Crippen LogP contribution < -0.4 is 5.84 Å². The molecule has 0 heterocycles. The highest BCUT2D eigenvalue weighted by Crippen LogP contribution is 2.28. The largest absolute Gasteiger partial charge is 0.259 e. The number of nitrogens with two attached hydrogens (primary N) is 1. The Morgan fingerprint density at radius 3 is 2.50 bits per heavy atom. The lowest BCUT2D eigenvalue weighted by atomic mass is 9.99. The summed E-state index contributed by atoms with van der Waals surface area (Å²) in [5.41, 5.74) is 0. The third kappa shape index (κ3) is 7.35. The third-order valence-corrected chi connectivity index (χ3v) is 2.73. The molecule has 0 aliphatic heterocycles. The van der Waals surface area contributed by atoms with Crippen LogP contribution in [0.1, 0.15) is 39.5 Å². The number of hydrazine groups is 1. The zero-order valence-corrected chi connectivity index (χ0v) is 10.1. The Balaban J connectivity index is 3.46. The van der Waals surface area contributed by atoms with E-state index >= 15 is 0 Å². The first kappa shape index (κ1) is 12.7. The second kappa shape index (κ2) is 6.20. The van der Waals surface area contributed by atoms with Crippen LogP contribution in [0.5, 0.6) is 0 Å². The van der Waals surface area contributed by atoms with Crippen molar-refractivity contribution < 1.29 is 0 Å². The van der Waals surface area contributed by atoms with E-state index in [2.05, 4.69) is 35.9 Å². The van der Waals surface area contributed by atoms with E-state index in [1.54, 1.807) is 0 Å². The smallest absolute Gasteiger partial charge is 0.0240 e. The average molecular weight is 208 g/mol. The zero-order valence-electron chi connectivity index (χ0n) is 8.08. The van der Waals surface area contributed by atoms with Crippen molar-refractivity contribution in [3.05, 3.63) is 0 Å². The predicted molar refractivity (Wildman–Crippen MR) is 62.1 cm³/mol. The molecule has 12 heavy (non-hydrogen) atoms. The van der Waals surface area contributed by atoms with Crippen molar-refractivity contribution in [1.29, 1.82) is 0 Å². The van der Waals surface area contributed by atoms with Crippen LogP contribution in [-0.2, 0) is 0 Å². The van der Waals surface area contributed by atoms with E-state index in [0.29, 0.717) is 5.16 Å². The fourth-order valence-corrected chi connectivity index (χ4v) is 1.98. The maximum atomic E-state index is 5.39. The van der Waals surface area contributed by atoms with Crippen LogP contribution in [0.25, 0.3) is 0 Å². The molecule has 0 fully saturated rings. The van der Waals surface area contributed by atoms with Gasteiger partial charge in [0.05, 0.1) is 0 Å². The van der Waals surface area contributed by atoms with E-state index in [0.717, 1.165) is 13.0 Å². The minimum atomic E-state index is 0.387. The zero-order chi connectivity index (χ0) is 9.61. The van der Waals surface area contributed by atoms with Gasteiger partial charge in [0, 0.05) is 6.54 Å². The van der Waals surface area contributed by atoms with E-state index in [9.17, 15) is 0 Å². The molecule has 0 aliphatic carbocycles. The van der Waals surface area contributed by atoms with E-state index < -0.39 is 0 Å². The van der Waals surface area contributed by atoms with Crippen LogP contribution in [0.2, 0.25) is 0 Å². The summed E-state index contributed by atoms with van der Waals surface area (Å²) >= 11 is 3.98. The highest BCUT2D eigenvalue weighted by Gasteiger charge is 2.15. The van der Waals surface area contributed by atoms with Gasteiger partial charge in [-0.25, -0.2) is 0 Å². The highest BCUT2D eigenvalue weighted by molar-refractivity contribution is 7.77. The molecule has 0 aromatic carbocycles. The van der Waals surface area contributed by atoms with Crippen LogP contribution in [0, 0.1) is 0 Å². The van der Waals surface area contributed by atoms with Crippen LogP contribution in [0.15, 0.2) is 0 Å². The molecule has 0 spiro atoms. The lowest BCUT2D eigenvalue weighted by molar-refractivity contribution is 0.438. The van der Waals surface area contributed by atoms with Crippen LogP contribution in [0.4, 0.5) is 0 Å². The second-order valence-electron chi connectivity index (χ2n) is 3.67. The molecule has 4 heteroatoms. The molecule has 2 nitrogen and oxygen atoms in total. The molecule has 2 atom stereocenters. The molecule has 0 radical (unpaired) electrons.